The average Bonchev–Trinajstić information content (AvgIpc) is 2.88. The van der Waals surface area contributed by atoms with Gasteiger partial charge in [0.25, 0.3) is 0 Å². The third kappa shape index (κ3) is 7.87. The van der Waals surface area contributed by atoms with Crippen molar-refractivity contribution in [1.29, 1.82) is 0 Å². The first-order valence-corrected chi connectivity index (χ1v) is 11.6. The number of carbonyl (C=O) groups excluding carboxylic acids is 1. The van der Waals surface area contributed by atoms with E-state index >= 15 is 0 Å². The van der Waals surface area contributed by atoms with Crippen molar-refractivity contribution in [3.8, 4) is 11.5 Å². The van der Waals surface area contributed by atoms with E-state index in [0.717, 1.165) is 42.4 Å². The van der Waals surface area contributed by atoms with Crippen LogP contribution < -0.4 is 14.8 Å². The molecule has 0 heterocycles. The molecule has 0 aliphatic carbocycles. The summed E-state index contributed by atoms with van der Waals surface area (Å²) >= 11 is 0. The topological polar surface area (TPSA) is 122 Å². The van der Waals surface area contributed by atoms with E-state index in [1.54, 1.807) is 7.11 Å². The molecular formula is C28H29NO7. The first-order chi connectivity index (χ1) is 17.4. The molecule has 0 saturated carbocycles. The molecule has 8 nitrogen and oxygen atoms in total. The molecule has 36 heavy (non-hydrogen) atoms. The number of aromatic carboxylic acids is 2. The van der Waals surface area contributed by atoms with Gasteiger partial charge >= 0.3 is 11.9 Å². The van der Waals surface area contributed by atoms with Crippen LogP contribution >= 0.6 is 0 Å². The number of hydrogen-bond acceptors (Lipinski definition) is 5. The molecule has 0 spiro atoms. The quantitative estimate of drug-likeness (QED) is 0.286. The zero-order chi connectivity index (χ0) is 25.9. The van der Waals surface area contributed by atoms with Crippen LogP contribution in [0.25, 0.3) is 0 Å². The number of rotatable bonds is 13. The van der Waals surface area contributed by atoms with Gasteiger partial charge in [-0.05, 0) is 79.3 Å². The van der Waals surface area contributed by atoms with Gasteiger partial charge in [0.15, 0.2) is 0 Å². The Morgan fingerprint density at radius 2 is 1.36 bits per heavy atom. The minimum absolute atomic E-state index is 0.189. The monoisotopic (exact) mass is 491 g/mol. The number of hydrogen-bond donors (Lipinski definition) is 3. The van der Waals surface area contributed by atoms with Crippen molar-refractivity contribution >= 4 is 23.5 Å². The summed E-state index contributed by atoms with van der Waals surface area (Å²) in [5, 5.41) is 20.9. The van der Waals surface area contributed by atoms with Crippen LogP contribution in [-0.4, -0.2) is 41.8 Å². The van der Waals surface area contributed by atoms with Gasteiger partial charge in [-0.25, -0.2) is 9.59 Å². The molecule has 0 atom stereocenters. The summed E-state index contributed by atoms with van der Waals surface area (Å²) in [6.07, 6.45) is 3.62. The molecule has 0 fully saturated rings. The van der Waals surface area contributed by atoms with Crippen LogP contribution in [0.2, 0.25) is 0 Å². The molecule has 0 saturated heterocycles. The van der Waals surface area contributed by atoms with Crippen molar-refractivity contribution in [1.82, 2.24) is 0 Å². The normalized spacial score (nSPS) is 10.5. The zero-order valence-corrected chi connectivity index (χ0v) is 20.0. The Labute approximate surface area is 209 Å². The summed E-state index contributed by atoms with van der Waals surface area (Å²) in [6, 6.07) is 19.3. The van der Waals surface area contributed by atoms with E-state index < -0.39 is 11.9 Å². The van der Waals surface area contributed by atoms with Crippen molar-refractivity contribution in [3.05, 3.63) is 89.0 Å². The van der Waals surface area contributed by atoms with Crippen LogP contribution in [0.4, 0.5) is 5.69 Å². The van der Waals surface area contributed by atoms with Crippen molar-refractivity contribution < 1.29 is 34.1 Å². The predicted octanol–water partition coefficient (Wildman–Crippen LogP) is 5.06. The molecule has 0 radical (unpaired) electrons. The Hall–Kier alpha value is -4.33. The van der Waals surface area contributed by atoms with E-state index in [0.29, 0.717) is 13.0 Å². The van der Waals surface area contributed by atoms with Gasteiger partial charge in [0.2, 0.25) is 5.91 Å². The molecule has 3 rings (SSSR count). The van der Waals surface area contributed by atoms with E-state index in [1.807, 2.05) is 36.4 Å². The maximum absolute atomic E-state index is 12.3. The second-order valence-corrected chi connectivity index (χ2v) is 8.22. The number of amides is 1. The Balaban J connectivity index is 1.39. The van der Waals surface area contributed by atoms with Gasteiger partial charge < -0.3 is 25.0 Å². The summed E-state index contributed by atoms with van der Waals surface area (Å²) < 4.78 is 11.0. The lowest BCUT2D eigenvalue weighted by Crippen LogP contribution is -2.14. The van der Waals surface area contributed by atoms with Gasteiger partial charge in [0.05, 0.1) is 24.8 Å². The Morgan fingerprint density at radius 1 is 0.750 bits per heavy atom. The summed E-state index contributed by atoms with van der Waals surface area (Å²) in [7, 11) is 1.65. The summed E-state index contributed by atoms with van der Waals surface area (Å²) in [4.78, 5) is 34.7. The second-order valence-electron chi connectivity index (χ2n) is 8.22. The van der Waals surface area contributed by atoms with Crippen LogP contribution in [0.1, 0.15) is 51.1 Å². The lowest BCUT2D eigenvalue weighted by Gasteiger charge is -2.09. The lowest BCUT2D eigenvalue weighted by molar-refractivity contribution is -0.116. The van der Waals surface area contributed by atoms with Crippen LogP contribution in [0.3, 0.4) is 0 Å². The third-order valence-corrected chi connectivity index (χ3v) is 5.62. The van der Waals surface area contributed by atoms with Crippen molar-refractivity contribution in [3.63, 3.8) is 0 Å². The first-order valence-electron chi connectivity index (χ1n) is 11.6. The summed E-state index contributed by atoms with van der Waals surface area (Å²) in [5.74, 6) is -1.39. The van der Waals surface area contributed by atoms with Gasteiger partial charge in [-0.3, -0.25) is 4.79 Å². The fourth-order valence-electron chi connectivity index (χ4n) is 3.63. The molecular weight excluding hydrogens is 462 g/mol. The third-order valence-electron chi connectivity index (χ3n) is 5.62. The maximum Gasteiger partial charge on any atom is 0.336 e. The lowest BCUT2D eigenvalue weighted by atomic mass is 10.1. The van der Waals surface area contributed by atoms with Crippen LogP contribution in [0, 0.1) is 0 Å². The first kappa shape index (κ1) is 26.3. The maximum atomic E-state index is 12.3. The number of unbranched alkanes of at least 4 members (excludes halogenated alkanes) is 1. The predicted molar refractivity (Wildman–Crippen MR) is 135 cm³/mol. The average molecular weight is 492 g/mol. The van der Waals surface area contributed by atoms with Crippen LogP contribution in [0.5, 0.6) is 11.5 Å². The molecule has 1 amide bonds. The van der Waals surface area contributed by atoms with Gasteiger partial charge in [-0.1, -0.05) is 24.3 Å². The molecule has 3 aromatic carbocycles. The van der Waals surface area contributed by atoms with Gasteiger partial charge in [-0.2, -0.15) is 0 Å². The minimum atomic E-state index is -1.37. The number of carbonyl (C=O) groups is 3. The van der Waals surface area contributed by atoms with Crippen LogP contribution in [-0.2, 0) is 17.6 Å². The summed E-state index contributed by atoms with van der Waals surface area (Å²) in [5.41, 5.74) is 1.75. The highest BCUT2D eigenvalue weighted by Gasteiger charge is 2.17. The Kier molecular flexibility index (Phi) is 9.45. The molecule has 0 aromatic heterocycles. The van der Waals surface area contributed by atoms with Gasteiger partial charge in [0, 0.05) is 12.1 Å². The summed E-state index contributed by atoms with van der Waals surface area (Å²) in [6.45, 7) is 0.622. The van der Waals surface area contributed by atoms with Crippen molar-refractivity contribution in [2.75, 3.05) is 19.0 Å². The van der Waals surface area contributed by atoms with E-state index in [-0.39, 0.29) is 29.1 Å². The molecule has 8 heteroatoms. The number of methoxy groups -OCH3 is 1. The fraction of sp³-hybridized carbons (Fsp3) is 0.250. The molecule has 0 unspecified atom stereocenters. The number of aryl methyl sites for hydroxylation is 2. The number of carboxylic acid groups (broad SMARTS) is 2. The highest BCUT2D eigenvalue weighted by Crippen LogP contribution is 2.18. The smallest absolute Gasteiger partial charge is 0.336 e. The standard InChI is InChI=1S/C28H29NO7/c1-35-22-11-5-19(6-12-22)4-2-3-17-36-23-13-7-20(8-14-23)9-16-26(30)29-21-10-15-24(27(31)32)25(18-21)28(33)34/h5-8,10-15,18H,2-4,9,16-17H2,1H3,(H,29,30)(H,31,32)(H,33,34). The molecule has 0 aliphatic heterocycles. The van der Waals surface area contributed by atoms with Crippen molar-refractivity contribution in [2.45, 2.75) is 32.1 Å². The van der Waals surface area contributed by atoms with Crippen LogP contribution in [0.15, 0.2) is 66.7 Å². The SMILES string of the molecule is COc1ccc(CCCCOc2ccc(CCC(=O)Nc3ccc(C(=O)O)c(C(=O)O)c3)cc2)cc1. The molecule has 3 aromatic rings. The molecule has 0 aliphatic rings. The highest BCUT2D eigenvalue weighted by molar-refractivity contribution is 6.03. The molecule has 3 N–H and O–H groups in total. The number of benzene rings is 3. The van der Waals surface area contributed by atoms with E-state index in [9.17, 15) is 19.5 Å². The van der Waals surface area contributed by atoms with Gasteiger partial charge in [0.1, 0.15) is 11.5 Å². The number of anilines is 1. The fourth-order valence-corrected chi connectivity index (χ4v) is 3.63. The zero-order valence-electron chi connectivity index (χ0n) is 20.0. The largest absolute Gasteiger partial charge is 0.497 e. The van der Waals surface area contributed by atoms with E-state index in [4.69, 9.17) is 14.6 Å². The molecule has 0 bridgehead atoms. The van der Waals surface area contributed by atoms with E-state index in [1.165, 1.54) is 17.7 Å². The van der Waals surface area contributed by atoms with Crippen molar-refractivity contribution in [2.24, 2.45) is 0 Å². The number of carboxylic acids is 2. The highest BCUT2D eigenvalue weighted by atomic mass is 16.5. The number of ether oxygens (including phenoxy) is 2. The Bertz CT molecular complexity index is 1190. The minimum Gasteiger partial charge on any atom is -0.497 e. The Morgan fingerprint density at radius 3 is 1.97 bits per heavy atom. The van der Waals surface area contributed by atoms with E-state index in [2.05, 4.69) is 17.4 Å². The molecule has 188 valence electrons. The van der Waals surface area contributed by atoms with Gasteiger partial charge in [-0.15, -0.1) is 0 Å². The number of nitrogens with one attached hydrogen (secondary N) is 1. The second kappa shape index (κ2) is 12.9.